The van der Waals surface area contributed by atoms with E-state index in [0.29, 0.717) is 13.2 Å². The normalized spacial score (nSPS) is 9.89. The molecule has 0 atom stereocenters. The summed E-state index contributed by atoms with van der Waals surface area (Å²) in [5.41, 5.74) is 0.562. The fourth-order valence-electron chi connectivity index (χ4n) is 2.92. The topological polar surface area (TPSA) is 105 Å². The minimum Gasteiger partial charge on any atom is -0.462 e. The average Bonchev–Trinajstić information content (AvgIpc) is 2.84. The van der Waals surface area contributed by atoms with Crippen LogP contribution in [0, 0.1) is 0 Å². The van der Waals surface area contributed by atoms with Crippen molar-refractivity contribution in [2.75, 3.05) is 13.2 Å². The van der Waals surface area contributed by atoms with Gasteiger partial charge in [0.1, 0.15) is 22.6 Å². The molecule has 0 fully saturated rings. The fraction of sp³-hybridized carbons (Fsp3) is 0.429. The standard InChI is InChI=1S/C15H20O4.C13H16O4/c1-3-4-5-8-11-18-15(17)13-9-6-7-10-14(13)19-12(2)16;1-3-4-9-16-13(15)11-7-5-6-8-12(11)17-10(2)14/h6-7,9-10H,3-5,8,11H2,1-2H3;5-8H,3-4,9H2,1-2H3. The van der Waals surface area contributed by atoms with E-state index in [4.69, 9.17) is 18.9 Å². The van der Waals surface area contributed by atoms with Crippen LogP contribution < -0.4 is 9.47 Å². The molecule has 8 heteroatoms. The van der Waals surface area contributed by atoms with Crippen molar-refractivity contribution in [3.63, 3.8) is 0 Å². The molecule has 0 aliphatic rings. The molecule has 36 heavy (non-hydrogen) atoms. The SMILES string of the molecule is CCCCCCOC(=O)c1ccccc1OC(C)=O.CCCCOC(=O)c1ccccc1OC(C)=O. The highest BCUT2D eigenvalue weighted by atomic mass is 16.6. The minimum absolute atomic E-state index is 0.237. The van der Waals surface area contributed by atoms with Crippen molar-refractivity contribution < 1.29 is 38.1 Å². The zero-order valence-corrected chi connectivity index (χ0v) is 21.5. The van der Waals surface area contributed by atoms with Gasteiger partial charge in [-0.1, -0.05) is 63.8 Å². The van der Waals surface area contributed by atoms with E-state index in [-0.39, 0.29) is 22.6 Å². The van der Waals surface area contributed by atoms with Gasteiger partial charge >= 0.3 is 23.9 Å². The molecule has 2 aromatic carbocycles. The summed E-state index contributed by atoms with van der Waals surface area (Å²) in [6.07, 6.45) is 5.97. The van der Waals surface area contributed by atoms with E-state index in [1.54, 1.807) is 48.5 Å². The van der Waals surface area contributed by atoms with Crippen LogP contribution in [0.15, 0.2) is 48.5 Å². The molecule has 0 unspecified atom stereocenters. The molecule has 2 rings (SSSR count). The molecule has 0 spiro atoms. The molecule has 0 amide bonds. The van der Waals surface area contributed by atoms with Crippen LogP contribution in [0.3, 0.4) is 0 Å². The maximum Gasteiger partial charge on any atom is 0.341 e. The Kier molecular flexibility index (Phi) is 14.9. The van der Waals surface area contributed by atoms with Gasteiger partial charge in [0, 0.05) is 13.8 Å². The number of carbonyl (C=O) groups is 4. The first-order chi connectivity index (χ1) is 17.3. The van der Waals surface area contributed by atoms with Crippen molar-refractivity contribution in [2.45, 2.75) is 66.2 Å². The lowest BCUT2D eigenvalue weighted by atomic mass is 10.2. The minimum atomic E-state index is -0.463. The van der Waals surface area contributed by atoms with E-state index in [0.717, 1.165) is 38.5 Å². The second kappa shape index (κ2) is 17.7. The van der Waals surface area contributed by atoms with Gasteiger partial charge in [0.15, 0.2) is 0 Å². The van der Waals surface area contributed by atoms with Crippen LogP contribution in [0.2, 0.25) is 0 Å². The summed E-state index contributed by atoms with van der Waals surface area (Å²) >= 11 is 0. The van der Waals surface area contributed by atoms with Crippen LogP contribution in [0.1, 0.15) is 86.9 Å². The molecule has 196 valence electrons. The maximum atomic E-state index is 11.9. The van der Waals surface area contributed by atoms with E-state index in [1.165, 1.54) is 13.8 Å². The lowest BCUT2D eigenvalue weighted by Crippen LogP contribution is -2.11. The third kappa shape index (κ3) is 12.1. The fourth-order valence-corrected chi connectivity index (χ4v) is 2.92. The first-order valence-electron chi connectivity index (χ1n) is 12.2. The molecule has 0 aliphatic carbocycles. The highest BCUT2D eigenvalue weighted by Crippen LogP contribution is 2.20. The highest BCUT2D eigenvalue weighted by molar-refractivity contribution is 5.94. The zero-order valence-electron chi connectivity index (χ0n) is 21.5. The van der Waals surface area contributed by atoms with Gasteiger partial charge in [-0.15, -0.1) is 0 Å². The van der Waals surface area contributed by atoms with E-state index < -0.39 is 23.9 Å². The summed E-state index contributed by atoms with van der Waals surface area (Å²) in [5, 5.41) is 0. The molecule has 0 bridgehead atoms. The van der Waals surface area contributed by atoms with E-state index in [9.17, 15) is 19.2 Å². The third-order valence-electron chi connectivity index (χ3n) is 4.68. The van der Waals surface area contributed by atoms with Crippen molar-refractivity contribution in [2.24, 2.45) is 0 Å². The number of ether oxygens (including phenoxy) is 4. The van der Waals surface area contributed by atoms with Gasteiger partial charge in [0.2, 0.25) is 0 Å². The Hall–Kier alpha value is -3.68. The molecule has 0 saturated heterocycles. The quantitative estimate of drug-likeness (QED) is 0.201. The van der Waals surface area contributed by atoms with Gasteiger partial charge in [-0.3, -0.25) is 9.59 Å². The summed E-state index contributed by atoms with van der Waals surface area (Å²) in [5.74, 6) is -1.35. The Balaban J connectivity index is 0.000000362. The first-order valence-corrected chi connectivity index (χ1v) is 12.2. The lowest BCUT2D eigenvalue weighted by molar-refractivity contribution is -0.132. The van der Waals surface area contributed by atoms with Crippen LogP contribution in [0.4, 0.5) is 0 Å². The van der Waals surface area contributed by atoms with Crippen LogP contribution in [0.5, 0.6) is 11.5 Å². The van der Waals surface area contributed by atoms with Crippen LogP contribution in [0.25, 0.3) is 0 Å². The third-order valence-corrected chi connectivity index (χ3v) is 4.68. The van der Waals surface area contributed by atoms with Crippen molar-refractivity contribution in [1.29, 1.82) is 0 Å². The van der Waals surface area contributed by atoms with E-state index in [1.807, 2.05) is 6.92 Å². The van der Waals surface area contributed by atoms with Gasteiger partial charge < -0.3 is 18.9 Å². The smallest absolute Gasteiger partial charge is 0.341 e. The number of benzene rings is 2. The zero-order chi connectivity index (χ0) is 26.8. The molecule has 0 N–H and O–H groups in total. The Labute approximate surface area is 212 Å². The number of hydrogen-bond donors (Lipinski definition) is 0. The summed E-state index contributed by atoms with van der Waals surface area (Å²) in [6, 6.07) is 13.1. The van der Waals surface area contributed by atoms with Gasteiger partial charge in [0.05, 0.1) is 13.2 Å². The molecule has 8 nitrogen and oxygen atoms in total. The Morgan fingerprint density at radius 3 is 1.42 bits per heavy atom. The second-order valence-electron chi connectivity index (χ2n) is 7.87. The number of unbranched alkanes of at least 4 members (excludes halogenated alkanes) is 4. The number of esters is 4. The predicted molar refractivity (Wildman–Crippen MR) is 135 cm³/mol. The molecule has 0 aliphatic heterocycles. The second-order valence-corrected chi connectivity index (χ2v) is 7.87. The van der Waals surface area contributed by atoms with Crippen LogP contribution in [-0.2, 0) is 19.1 Å². The summed E-state index contributed by atoms with van der Waals surface area (Å²) in [7, 11) is 0. The largest absolute Gasteiger partial charge is 0.462 e. The number of carbonyl (C=O) groups excluding carboxylic acids is 4. The Morgan fingerprint density at radius 2 is 1.00 bits per heavy atom. The van der Waals surface area contributed by atoms with Crippen LogP contribution in [-0.4, -0.2) is 37.1 Å². The van der Waals surface area contributed by atoms with Gasteiger partial charge in [-0.25, -0.2) is 9.59 Å². The van der Waals surface area contributed by atoms with Gasteiger partial charge in [0.25, 0.3) is 0 Å². The molecule has 0 radical (unpaired) electrons. The monoisotopic (exact) mass is 500 g/mol. The predicted octanol–water partition coefficient (Wildman–Crippen LogP) is 5.92. The van der Waals surface area contributed by atoms with Crippen molar-refractivity contribution in [3.05, 3.63) is 59.7 Å². The van der Waals surface area contributed by atoms with Crippen molar-refractivity contribution >= 4 is 23.9 Å². The van der Waals surface area contributed by atoms with Crippen molar-refractivity contribution in [1.82, 2.24) is 0 Å². The molecule has 0 aromatic heterocycles. The van der Waals surface area contributed by atoms with E-state index in [2.05, 4.69) is 6.92 Å². The maximum absolute atomic E-state index is 11.9. The highest BCUT2D eigenvalue weighted by Gasteiger charge is 2.15. The first kappa shape index (κ1) is 30.4. The van der Waals surface area contributed by atoms with Crippen molar-refractivity contribution in [3.8, 4) is 11.5 Å². The molecule has 2 aromatic rings. The molecule has 0 heterocycles. The number of para-hydroxylation sites is 2. The average molecular weight is 501 g/mol. The van der Waals surface area contributed by atoms with Gasteiger partial charge in [-0.2, -0.15) is 0 Å². The Bertz CT molecular complexity index is 983. The lowest BCUT2D eigenvalue weighted by Gasteiger charge is -2.08. The van der Waals surface area contributed by atoms with Gasteiger partial charge in [-0.05, 0) is 37.1 Å². The summed E-state index contributed by atoms with van der Waals surface area (Å²) in [6.45, 7) is 7.50. The molecular weight excluding hydrogens is 464 g/mol. The number of hydrogen-bond acceptors (Lipinski definition) is 8. The molecule has 0 saturated carbocycles. The summed E-state index contributed by atoms with van der Waals surface area (Å²) in [4.78, 5) is 45.4. The van der Waals surface area contributed by atoms with E-state index >= 15 is 0 Å². The number of rotatable bonds is 12. The van der Waals surface area contributed by atoms with Crippen LogP contribution >= 0.6 is 0 Å². The summed E-state index contributed by atoms with van der Waals surface area (Å²) < 4.78 is 20.1. The molecular formula is C28H36O8. The Morgan fingerprint density at radius 1 is 0.583 bits per heavy atom.